The molecule has 2 aliphatic heterocycles. The molecule has 2 aromatic rings. The third-order valence-corrected chi connectivity index (χ3v) is 5.48. The van der Waals surface area contributed by atoms with E-state index in [1.807, 2.05) is 49.4 Å². The van der Waals surface area contributed by atoms with Gasteiger partial charge in [-0.3, -0.25) is 9.59 Å². The summed E-state index contributed by atoms with van der Waals surface area (Å²) in [5.41, 5.74) is 4.40. The van der Waals surface area contributed by atoms with Crippen LogP contribution in [0.1, 0.15) is 33.5 Å². The highest BCUT2D eigenvalue weighted by atomic mass is 16.7. The summed E-state index contributed by atoms with van der Waals surface area (Å²) < 4.78 is 12.0. The van der Waals surface area contributed by atoms with Crippen molar-refractivity contribution in [1.29, 1.82) is 0 Å². The molecule has 0 radical (unpaired) electrons. The predicted octanol–water partition coefficient (Wildman–Crippen LogP) is 2.53. The van der Waals surface area contributed by atoms with E-state index in [2.05, 4.69) is 5.32 Å². The summed E-state index contributed by atoms with van der Waals surface area (Å²) in [4.78, 5) is 26.1. The second-order valence-corrected chi connectivity index (χ2v) is 7.24. The summed E-state index contributed by atoms with van der Waals surface area (Å²) in [6, 6.07) is 13.4. The molecule has 1 fully saturated rings. The normalized spacial score (nSPS) is 17.6. The van der Waals surface area contributed by atoms with E-state index < -0.39 is 5.79 Å². The summed E-state index contributed by atoms with van der Waals surface area (Å²) in [7, 11) is 1.78. The first kappa shape index (κ1) is 18.7. The van der Waals surface area contributed by atoms with Crippen molar-refractivity contribution < 1.29 is 19.1 Å². The number of carbonyl (C=O) groups is 2. The Kier molecular flexibility index (Phi) is 4.91. The van der Waals surface area contributed by atoms with Gasteiger partial charge in [0, 0.05) is 36.8 Å². The van der Waals surface area contributed by atoms with Crippen LogP contribution in [0, 0.1) is 6.92 Å². The molecule has 6 heteroatoms. The van der Waals surface area contributed by atoms with Gasteiger partial charge in [0.25, 0.3) is 5.91 Å². The summed E-state index contributed by atoms with van der Waals surface area (Å²) >= 11 is 0. The molecule has 6 nitrogen and oxygen atoms in total. The van der Waals surface area contributed by atoms with Gasteiger partial charge < -0.3 is 19.7 Å². The monoisotopic (exact) mass is 380 g/mol. The van der Waals surface area contributed by atoms with Gasteiger partial charge in [-0.15, -0.1) is 0 Å². The van der Waals surface area contributed by atoms with E-state index in [-0.39, 0.29) is 11.8 Å². The molecule has 0 atom stereocenters. The van der Waals surface area contributed by atoms with E-state index in [0.29, 0.717) is 38.2 Å². The highest BCUT2D eigenvalue weighted by Crippen LogP contribution is 2.38. The Morgan fingerprint density at radius 1 is 1.18 bits per heavy atom. The van der Waals surface area contributed by atoms with E-state index in [1.165, 1.54) is 0 Å². The van der Waals surface area contributed by atoms with Crippen LogP contribution < -0.4 is 10.2 Å². The molecule has 0 spiro atoms. The minimum absolute atomic E-state index is 0.0833. The summed E-state index contributed by atoms with van der Waals surface area (Å²) in [6.45, 7) is 3.34. The van der Waals surface area contributed by atoms with Crippen LogP contribution in [-0.4, -0.2) is 38.6 Å². The maximum absolute atomic E-state index is 12.5. The minimum atomic E-state index is -0.891. The summed E-state index contributed by atoms with van der Waals surface area (Å²) in [5.74, 6) is -0.912. The Morgan fingerprint density at radius 3 is 2.68 bits per heavy atom. The van der Waals surface area contributed by atoms with Crippen LogP contribution >= 0.6 is 0 Å². The quantitative estimate of drug-likeness (QED) is 0.866. The molecule has 146 valence electrons. The number of carbonyl (C=O) groups excluding carboxylic acids is 2. The number of likely N-dealkylation sites (N-methyl/N-ethyl adjacent to an activating group) is 1. The van der Waals surface area contributed by atoms with Gasteiger partial charge in [-0.2, -0.15) is 0 Å². The van der Waals surface area contributed by atoms with Crippen LogP contribution in [0.15, 0.2) is 42.5 Å². The topological polar surface area (TPSA) is 67.9 Å². The van der Waals surface area contributed by atoms with E-state index in [4.69, 9.17) is 9.47 Å². The Morgan fingerprint density at radius 2 is 1.93 bits per heavy atom. The molecule has 0 bridgehead atoms. The molecule has 2 amide bonds. The number of hydrogen-bond donors (Lipinski definition) is 1. The molecule has 0 saturated carbocycles. The van der Waals surface area contributed by atoms with Crippen molar-refractivity contribution in [1.82, 2.24) is 5.32 Å². The lowest BCUT2D eigenvalue weighted by Gasteiger charge is -2.28. The van der Waals surface area contributed by atoms with Gasteiger partial charge in [0.2, 0.25) is 5.91 Å². The van der Waals surface area contributed by atoms with Crippen LogP contribution in [0.25, 0.3) is 0 Å². The molecule has 0 aromatic heterocycles. The van der Waals surface area contributed by atoms with Gasteiger partial charge in [0.1, 0.15) is 0 Å². The number of aryl methyl sites for hydroxylation is 1. The SMILES string of the molecule is Cc1ccccc1C(=O)NCCC1(c2ccc3c(c2)CC(=O)N3C)OCCO1. The zero-order chi connectivity index (χ0) is 19.7. The zero-order valence-electron chi connectivity index (χ0n) is 16.2. The number of nitrogens with zero attached hydrogens (tertiary/aromatic N) is 1. The van der Waals surface area contributed by atoms with Crippen molar-refractivity contribution in [3.8, 4) is 0 Å². The van der Waals surface area contributed by atoms with Crippen molar-refractivity contribution in [3.63, 3.8) is 0 Å². The molecule has 28 heavy (non-hydrogen) atoms. The number of nitrogens with one attached hydrogen (secondary N) is 1. The van der Waals surface area contributed by atoms with Crippen molar-refractivity contribution in [2.24, 2.45) is 0 Å². The average Bonchev–Trinajstić information content (AvgIpc) is 3.27. The first-order valence-corrected chi connectivity index (χ1v) is 9.52. The maximum atomic E-state index is 12.5. The van der Waals surface area contributed by atoms with Gasteiger partial charge in [0.15, 0.2) is 5.79 Å². The maximum Gasteiger partial charge on any atom is 0.251 e. The fourth-order valence-electron chi connectivity index (χ4n) is 3.88. The van der Waals surface area contributed by atoms with Gasteiger partial charge >= 0.3 is 0 Å². The second kappa shape index (κ2) is 7.37. The fourth-order valence-corrected chi connectivity index (χ4v) is 3.88. The second-order valence-electron chi connectivity index (χ2n) is 7.24. The van der Waals surface area contributed by atoms with Crippen LogP contribution in [0.3, 0.4) is 0 Å². The van der Waals surface area contributed by atoms with Crippen LogP contribution in [0.2, 0.25) is 0 Å². The Labute approximate surface area is 164 Å². The van der Waals surface area contributed by atoms with Crippen molar-refractivity contribution >= 4 is 17.5 Å². The third-order valence-electron chi connectivity index (χ3n) is 5.48. The lowest BCUT2D eigenvalue weighted by Crippen LogP contribution is -2.34. The van der Waals surface area contributed by atoms with Crippen LogP contribution in [0.5, 0.6) is 0 Å². The molecule has 0 aliphatic carbocycles. The number of amides is 2. The minimum Gasteiger partial charge on any atom is -0.352 e. The lowest BCUT2D eigenvalue weighted by molar-refractivity contribution is -0.169. The standard InChI is InChI=1S/C22H24N2O4/c1-15-5-3-4-6-18(15)21(26)23-10-9-22(27-11-12-28-22)17-7-8-19-16(13-17)14-20(25)24(19)2/h3-8,13H,9-12,14H2,1-2H3,(H,23,26). The van der Waals surface area contributed by atoms with E-state index >= 15 is 0 Å². The molecule has 2 aliphatic rings. The molecular weight excluding hydrogens is 356 g/mol. The first-order chi connectivity index (χ1) is 13.5. The fraction of sp³-hybridized carbons (Fsp3) is 0.364. The number of rotatable bonds is 5. The third kappa shape index (κ3) is 3.30. The van der Waals surface area contributed by atoms with Gasteiger partial charge in [0.05, 0.1) is 19.6 Å². The smallest absolute Gasteiger partial charge is 0.251 e. The van der Waals surface area contributed by atoms with Crippen LogP contribution in [-0.2, 0) is 26.5 Å². The van der Waals surface area contributed by atoms with E-state index in [1.54, 1.807) is 11.9 Å². The van der Waals surface area contributed by atoms with E-state index in [0.717, 1.165) is 22.4 Å². The molecule has 0 unspecified atom stereocenters. The molecule has 2 aromatic carbocycles. The number of hydrogen-bond acceptors (Lipinski definition) is 4. The first-order valence-electron chi connectivity index (χ1n) is 9.52. The number of anilines is 1. The Bertz CT molecular complexity index is 919. The number of benzene rings is 2. The Balaban J connectivity index is 1.49. The van der Waals surface area contributed by atoms with Gasteiger partial charge in [-0.1, -0.05) is 24.3 Å². The van der Waals surface area contributed by atoms with Crippen molar-refractivity contribution in [2.75, 3.05) is 31.7 Å². The van der Waals surface area contributed by atoms with Gasteiger partial charge in [-0.05, 0) is 36.2 Å². The summed E-state index contributed by atoms with van der Waals surface area (Å²) in [5, 5.41) is 2.97. The molecule has 4 rings (SSSR count). The summed E-state index contributed by atoms with van der Waals surface area (Å²) in [6.07, 6.45) is 0.882. The predicted molar refractivity (Wildman–Crippen MR) is 105 cm³/mol. The zero-order valence-corrected chi connectivity index (χ0v) is 16.2. The van der Waals surface area contributed by atoms with E-state index in [9.17, 15) is 9.59 Å². The van der Waals surface area contributed by atoms with Gasteiger partial charge in [-0.25, -0.2) is 0 Å². The van der Waals surface area contributed by atoms with Crippen molar-refractivity contribution in [3.05, 3.63) is 64.7 Å². The number of ether oxygens (including phenoxy) is 2. The molecule has 1 N–H and O–H groups in total. The average molecular weight is 380 g/mol. The molecule has 2 heterocycles. The molecular formula is C22H24N2O4. The largest absolute Gasteiger partial charge is 0.352 e. The lowest BCUT2D eigenvalue weighted by atomic mass is 9.98. The molecule has 1 saturated heterocycles. The highest BCUT2D eigenvalue weighted by Gasteiger charge is 2.39. The Hall–Kier alpha value is -2.70. The number of fused-ring (bicyclic) bond motifs is 1. The highest BCUT2D eigenvalue weighted by molar-refractivity contribution is 6.01. The van der Waals surface area contributed by atoms with Crippen molar-refractivity contribution in [2.45, 2.75) is 25.6 Å². The van der Waals surface area contributed by atoms with Crippen LogP contribution in [0.4, 0.5) is 5.69 Å².